The highest BCUT2D eigenvalue weighted by Crippen LogP contribution is 2.33. The minimum atomic E-state index is -0.288. The number of nitrogens with zero attached hydrogens (tertiary/aromatic N) is 4. The van der Waals surface area contributed by atoms with E-state index in [1.807, 2.05) is 25.4 Å². The second-order valence-electron chi connectivity index (χ2n) is 6.40. The van der Waals surface area contributed by atoms with Gasteiger partial charge in [0, 0.05) is 38.8 Å². The Bertz CT molecular complexity index is 823. The van der Waals surface area contributed by atoms with Crippen LogP contribution in [-0.2, 0) is 18.4 Å². The molecule has 1 saturated heterocycles. The summed E-state index contributed by atoms with van der Waals surface area (Å²) in [6, 6.07) is 7.72. The SMILES string of the molecule is COc1ccc(CN2C[C@H](C(N)=O)[C@@H](c3cnn(C)c3)C2)cc1C#N. The van der Waals surface area contributed by atoms with E-state index in [1.165, 1.54) is 0 Å². The van der Waals surface area contributed by atoms with Gasteiger partial charge in [-0.25, -0.2) is 0 Å². The van der Waals surface area contributed by atoms with Crippen molar-refractivity contribution >= 4 is 5.91 Å². The van der Waals surface area contributed by atoms with Gasteiger partial charge in [-0.3, -0.25) is 14.4 Å². The smallest absolute Gasteiger partial charge is 0.222 e. The summed E-state index contributed by atoms with van der Waals surface area (Å²) in [6.07, 6.45) is 3.73. The number of carbonyl (C=O) groups is 1. The van der Waals surface area contributed by atoms with Gasteiger partial charge in [-0.1, -0.05) is 6.07 Å². The van der Waals surface area contributed by atoms with Crippen molar-refractivity contribution in [2.45, 2.75) is 12.5 Å². The molecule has 1 aliphatic heterocycles. The molecule has 2 heterocycles. The maximum Gasteiger partial charge on any atom is 0.222 e. The Balaban J connectivity index is 1.78. The molecule has 2 N–H and O–H groups in total. The van der Waals surface area contributed by atoms with Gasteiger partial charge in [0.15, 0.2) is 0 Å². The minimum Gasteiger partial charge on any atom is -0.495 e. The van der Waals surface area contributed by atoms with E-state index >= 15 is 0 Å². The predicted molar refractivity (Wildman–Crippen MR) is 91.6 cm³/mol. The second kappa shape index (κ2) is 6.95. The first kappa shape index (κ1) is 17.0. The molecule has 0 aliphatic carbocycles. The number of hydrogen-bond donors (Lipinski definition) is 1. The van der Waals surface area contributed by atoms with Crippen LogP contribution in [0.1, 0.15) is 22.6 Å². The van der Waals surface area contributed by atoms with Crippen LogP contribution >= 0.6 is 0 Å². The first-order valence-corrected chi connectivity index (χ1v) is 8.09. The van der Waals surface area contributed by atoms with Crippen LogP contribution in [-0.4, -0.2) is 40.8 Å². The summed E-state index contributed by atoms with van der Waals surface area (Å²) in [5.41, 5.74) is 8.16. The summed E-state index contributed by atoms with van der Waals surface area (Å²) in [7, 11) is 3.41. The summed E-state index contributed by atoms with van der Waals surface area (Å²) in [5, 5.41) is 13.4. The first-order chi connectivity index (χ1) is 12.0. The molecule has 2 aromatic rings. The zero-order valence-electron chi connectivity index (χ0n) is 14.3. The highest BCUT2D eigenvalue weighted by atomic mass is 16.5. The van der Waals surface area contributed by atoms with Gasteiger partial charge < -0.3 is 10.5 Å². The molecular weight excluding hydrogens is 318 g/mol. The molecule has 0 unspecified atom stereocenters. The third-order valence-corrected chi connectivity index (χ3v) is 4.70. The Hall–Kier alpha value is -2.85. The van der Waals surface area contributed by atoms with E-state index in [4.69, 9.17) is 10.5 Å². The maximum atomic E-state index is 11.9. The third kappa shape index (κ3) is 3.49. The molecule has 1 amide bonds. The lowest BCUT2D eigenvalue weighted by molar-refractivity contribution is -0.121. The lowest BCUT2D eigenvalue weighted by Crippen LogP contribution is -2.29. The number of aromatic nitrogens is 2. The molecule has 7 nitrogen and oxygen atoms in total. The van der Waals surface area contributed by atoms with Gasteiger partial charge in [0.2, 0.25) is 5.91 Å². The van der Waals surface area contributed by atoms with Crippen LogP contribution in [0.2, 0.25) is 0 Å². The van der Waals surface area contributed by atoms with E-state index in [0.29, 0.717) is 24.4 Å². The molecular formula is C18H21N5O2. The number of methoxy groups -OCH3 is 1. The normalized spacial score (nSPS) is 20.4. The average Bonchev–Trinajstić information content (AvgIpc) is 3.21. The van der Waals surface area contributed by atoms with Crippen molar-refractivity contribution in [2.24, 2.45) is 18.7 Å². The Morgan fingerprint density at radius 2 is 2.28 bits per heavy atom. The number of carbonyl (C=O) groups excluding carboxylic acids is 1. The van der Waals surface area contributed by atoms with Gasteiger partial charge in [0.25, 0.3) is 0 Å². The van der Waals surface area contributed by atoms with Gasteiger partial charge in [-0.2, -0.15) is 10.4 Å². The number of nitrogens with two attached hydrogens (primary N) is 1. The van der Waals surface area contributed by atoms with Crippen molar-refractivity contribution in [3.63, 3.8) is 0 Å². The number of nitriles is 1. The number of likely N-dealkylation sites (tertiary alicyclic amines) is 1. The molecule has 1 fully saturated rings. The van der Waals surface area contributed by atoms with Crippen molar-refractivity contribution in [1.82, 2.24) is 14.7 Å². The molecule has 0 radical (unpaired) electrons. The molecule has 2 atom stereocenters. The summed E-state index contributed by atoms with van der Waals surface area (Å²) < 4.78 is 6.92. The van der Waals surface area contributed by atoms with Crippen molar-refractivity contribution < 1.29 is 9.53 Å². The Kier molecular flexibility index (Phi) is 4.72. The lowest BCUT2D eigenvalue weighted by Gasteiger charge is -2.16. The number of rotatable bonds is 5. The molecule has 1 aliphatic rings. The summed E-state index contributed by atoms with van der Waals surface area (Å²) >= 11 is 0. The van der Waals surface area contributed by atoms with Crippen molar-refractivity contribution in [3.05, 3.63) is 47.3 Å². The molecule has 7 heteroatoms. The van der Waals surface area contributed by atoms with E-state index in [-0.39, 0.29) is 17.7 Å². The Morgan fingerprint density at radius 3 is 2.88 bits per heavy atom. The standard InChI is InChI=1S/C18H21N5O2/c1-22-9-14(7-21-22)15-10-23(11-16(15)18(20)24)8-12-3-4-17(25-2)13(5-12)6-19/h3-5,7,9,15-16H,8,10-11H2,1-2H3,(H2,20,24)/t15-,16+/m1/s1. The predicted octanol–water partition coefficient (Wildman–Crippen LogP) is 1.00. The molecule has 130 valence electrons. The molecule has 1 aromatic carbocycles. The van der Waals surface area contributed by atoms with E-state index in [9.17, 15) is 10.1 Å². The second-order valence-corrected chi connectivity index (χ2v) is 6.40. The van der Waals surface area contributed by atoms with E-state index in [2.05, 4.69) is 16.1 Å². The van der Waals surface area contributed by atoms with E-state index in [0.717, 1.165) is 17.7 Å². The zero-order chi connectivity index (χ0) is 18.0. The van der Waals surface area contributed by atoms with Crippen LogP contribution in [0.3, 0.4) is 0 Å². The number of amides is 1. The number of aryl methyl sites for hydroxylation is 1. The van der Waals surface area contributed by atoms with Crippen LogP contribution in [0.5, 0.6) is 5.75 Å². The van der Waals surface area contributed by atoms with Gasteiger partial charge in [0.1, 0.15) is 11.8 Å². The fraction of sp³-hybridized carbons (Fsp3) is 0.389. The quantitative estimate of drug-likeness (QED) is 0.876. The fourth-order valence-electron chi connectivity index (χ4n) is 3.47. The molecule has 3 rings (SSSR count). The maximum absolute atomic E-state index is 11.9. The minimum absolute atomic E-state index is 0.0416. The van der Waals surface area contributed by atoms with Crippen molar-refractivity contribution in [1.29, 1.82) is 5.26 Å². The van der Waals surface area contributed by atoms with Gasteiger partial charge in [-0.15, -0.1) is 0 Å². The summed E-state index contributed by atoms with van der Waals surface area (Å²) in [5.74, 6) is 0.0810. The zero-order valence-corrected chi connectivity index (χ0v) is 14.3. The highest BCUT2D eigenvalue weighted by Gasteiger charge is 2.37. The van der Waals surface area contributed by atoms with Crippen LogP contribution in [0.4, 0.5) is 0 Å². The topological polar surface area (TPSA) is 97.2 Å². The lowest BCUT2D eigenvalue weighted by atomic mass is 9.90. The molecule has 0 bridgehead atoms. The van der Waals surface area contributed by atoms with Crippen LogP contribution in [0, 0.1) is 17.2 Å². The Labute approximate surface area is 146 Å². The summed E-state index contributed by atoms with van der Waals surface area (Å²) in [4.78, 5) is 14.1. The number of benzene rings is 1. The number of primary amides is 1. The molecule has 1 aromatic heterocycles. The van der Waals surface area contributed by atoms with Gasteiger partial charge in [-0.05, 0) is 23.3 Å². The molecule has 0 spiro atoms. The highest BCUT2D eigenvalue weighted by molar-refractivity contribution is 5.78. The number of hydrogen-bond acceptors (Lipinski definition) is 5. The van der Waals surface area contributed by atoms with Gasteiger partial charge in [0.05, 0.1) is 24.8 Å². The van der Waals surface area contributed by atoms with Crippen molar-refractivity contribution in [3.8, 4) is 11.8 Å². The molecule has 25 heavy (non-hydrogen) atoms. The Morgan fingerprint density at radius 1 is 1.48 bits per heavy atom. The largest absolute Gasteiger partial charge is 0.495 e. The fourth-order valence-corrected chi connectivity index (χ4v) is 3.47. The first-order valence-electron chi connectivity index (χ1n) is 8.09. The van der Waals surface area contributed by atoms with E-state index in [1.54, 1.807) is 24.1 Å². The monoisotopic (exact) mass is 339 g/mol. The van der Waals surface area contributed by atoms with Crippen molar-refractivity contribution in [2.75, 3.05) is 20.2 Å². The van der Waals surface area contributed by atoms with Crippen LogP contribution < -0.4 is 10.5 Å². The average molecular weight is 339 g/mol. The van der Waals surface area contributed by atoms with E-state index < -0.39 is 0 Å². The van der Waals surface area contributed by atoms with Gasteiger partial charge >= 0.3 is 0 Å². The number of ether oxygens (including phenoxy) is 1. The van der Waals surface area contributed by atoms with Crippen LogP contribution in [0.15, 0.2) is 30.6 Å². The summed E-state index contributed by atoms with van der Waals surface area (Å²) in [6.45, 7) is 1.98. The molecule has 0 saturated carbocycles. The van der Waals surface area contributed by atoms with Crippen LogP contribution in [0.25, 0.3) is 0 Å². The third-order valence-electron chi connectivity index (χ3n) is 4.70.